The van der Waals surface area contributed by atoms with E-state index in [2.05, 4.69) is 21.1 Å². The molecule has 1 aromatic heterocycles. The van der Waals surface area contributed by atoms with E-state index >= 15 is 0 Å². The average molecular weight is 394 g/mol. The first kappa shape index (κ1) is 19.7. The number of nitrogens with zero attached hydrogens (tertiary/aromatic N) is 2. The molecule has 0 aliphatic rings. The second-order valence-corrected chi connectivity index (χ2v) is 6.28. The van der Waals surface area contributed by atoms with Crippen molar-refractivity contribution in [1.82, 2.24) is 15.2 Å². The highest BCUT2D eigenvalue weighted by molar-refractivity contribution is 8.04. The van der Waals surface area contributed by atoms with E-state index in [0.717, 1.165) is 11.8 Å². The number of ether oxygens (including phenoxy) is 2. The van der Waals surface area contributed by atoms with E-state index in [9.17, 15) is 9.90 Å². The third-order valence-electron chi connectivity index (χ3n) is 3.11. The molecule has 0 saturated heterocycles. The molecule has 0 unspecified atom stereocenters. The van der Waals surface area contributed by atoms with Crippen molar-refractivity contribution in [3.63, 3.8) is 0 Å². The third kappa shape index (κ3) is 4.94. The summed E-state index contributed by atoms with van der Waals surface area (Å²) in [6.07, 6.45) is 7.31. The quantitative estimate of drug-likeness (QED) is 0.403. The highest BCUT2D eigenvalue weighted by Crippen LogP contribution is 2.37. The normalized spacial score (nSPS) is 11.1. The summed E-state index contributed by atoms with van der Waals surface area (Å²) in [5.41, 5.74) is 0.524. The Hall–Kier alpha value is -2.63. The van der Waals surface area contributed by atoms with Crippen LogP contribution in [0.15, 0.2) is 22.2 Å². The van der Waals surface area contributed by atoms with Gasteiger partial charge in [0.1, 0.15) is 17.3 Å². The Bertz CT molecular complexity index is 873. The number of terminal acetylenes is 1. The molecule has 0 fully saturated rings. The molecular weight excluding hydrogens is 378 g/mol. The van der Waals surface area contributed by atoms with E-state index < -0.39 is 5.97 Å². The number of rotatable bonds is 8. The summed E-state index contributed by atoms with van der Waals surface area (Å²) in [5.74, 6) is 2.56. The van der Waals surface area contributed by atoms with Crippen LogP contribution in [0.1, 0.15) is 18.3 Å². The first-order valence-corrected chi connectivity index (χ1v) is 8.65. The van der Waals surface area contributed by atoms with Crippen LogP contribution in [-0.4, -0.2) is 40.0 Å². The number of hydrogen-bond donors (Lipinski definition) is 2. The van der Waals surface area contributed by atoms with Gasteiger partial charge in [-0.15, -0.1) is 11.5 Å². The minimum Gasteiger partial charge on any atom is -0.493 e. The Morgan fingerprint density at radius 1 is 1.54 bits per heavy atom. The predicted molar refractivity (Wildman–Crippen MR) is 99.6 cm³/mol. The van der Waals surface area contributed by atoms with E-state index in [1.807, 2.05) is 6.92 Å². The summed E-state index contributed by atoms with van der Waals surface area (Å²) in [4.78, 5) is 15.8. The van der Waals surface area contributed by atoms with Gasteiger partial charge in [-0.25, -0.2) is 9.78 Å². The molecule has 0 bridgehead atoms. The molecule has 0 aliphatic heterocycles. The Morgan fingerprint density at radius 3 is 2.88 bits per heavy atom. The number of thioether (sulfide) groups is 1. The Balaban J connectivity index is 2.35. The number of carboxylic acid groups (broad SMARTS) is 1. The summed E-state index contributed by atoms with van der Waals surface area (Å²) in [6, 6.07) is 3.17. The standard InChI is InChI=1S/C17H16ClN3O4S/c1-4-6-25-15-11(18)7-10(8-12(15)24-3)9-13(16(22)23)26-17-19-14(5-2)20-21-17/h1,7-9H,5-6H2,2-3H3,(H,22,23)(H,19,20,21)/b13-9+. The predicted octanol–water partition coefficient (Wildman–Crippen LogP) is 3.26. The molecular formula is C17H16ClN3O4S. The van der Waals surface area contributed by atoms with Gasteiger partial charge in [0, 0.05) is 6.42 Å². The molecule has 9 heteroatoms. The number of aryl methyl sites for hydroxylation is 1. The van der Waals surface area contributed by atoms with Gasteiger partial charge >= 0.3 is 5.97 Å². The van der Waals surface area contributed by atoms with Crippen LogP contribution in [0.4, 0.5) is 0 Å². The van der Waals surface area contributed by atoms with Crippen molar-refractivity contribution in [2.24, 2.45) is 0 Å². The van der Waals surface area contributed by atoms with Crippen LogP contribution in [0, 0.1) is 12.3 Å². The summed E-state index contributed by atoms with van der Waals surface area (Å²) in [7, 11) is 1.45. The number of methoxy groups -OCH3 is 1. The first-order valence-electron chi connectivity index (χ1n) is 7.46. The highest BCUT2D eigenvalue weighted by Gasteiger charge is 2.16. The Labute approximate surface area is 159 Å². The lowest BCUT2D eigenvalue weighted by Gasteiger charge is -2.12. The van der Waals surface area contributed by atoms with Gasteiger partial charge in [-0.2, -0.15) is 0 Å². The largest absolute Gasteiger partial charge is 0.493 e. The lowest BCUT2D eigenvalue weighted by atomic mass is 10.2. The monoisotopic (exact) mass is 393 g/mol. The summed E-state index contributed by atoms with van der Waals surface area (Å²) in [6.45, 7) is 1.95. The molecule has 0 amide bonds. The highest BCUT2D eigenvalue weighted by atomic mass is 35.5. The lowest BCUT2D eigenvalue weighted by Crippen LogP contribution is -1.99. The molecule has 7 nitrogen and oxygen atoms in total. The van der Waals surface area contributed by atoms with Crippen molar-refractivity contribution < 1.29 is 19.4 Å². The number of aromatic nitrogens is 3. The van der Waals surface area contributed by atoms with Crippen LogP contribution < -0.4 is 9.47 Å². The van der Waals surface area contributed by atoms with Gasteiger partial charge in [-0.1, -0.05) is 24.4 Å². The molecule has 0 aliphatic carbocycles. The van der Waals surface area contributed by atoms with Crippen LogP contribution in [0.3, 0.4) is 0 Å². The summed E-state index contributed by atoms with van der Waals surface area (Å²) >= 11 is 7.14. The fraction of sp³-hybridized carbons (Fsp3) is 0.235. The minimum absolute atomic E-state index is 0.0297. The van der Waals surface area contributed by atoms with Crippen molar-refractivity contribution in [3.05, 3.63) is 33.4 Å². The number of nitrogens with one attached hydrogen (secondary N) is 1. The van der Waals surface area contributed by atoms with Gasteiger partial charge in [-0.3, -0.25) is 5.10 Å². The Kier molecular flexibility index (Phi) is 6.95. The fourth-order valence-corrected chi connectivity index (χ4v) is 2.94. The van der Waals surface area contributed by atoms with Crippen LogP contribution in [-0.2, 0) is 11.2 Å². The van der Waals surface area contributed by atoms with Crippen molar-refractivity contribution in [1.29, 1.82) is 0 Å². The smallest absolute Gasteiger partial charge is 0.342 e. The van der Waals surface area contributed by atoms with Gasteiger partial charge in [0.05, 0.1) is 12.1 Å². The van der Waals surface area contributed by atoms with Gasteiger partial charge in [0.2, 0.25) is 5.16 Å². The lowest BCUT2D eigenvalue weighted by molar-refractivity contribution is -0.131. The number of carboxylic acids is 1. The molecule has 0 atom stereocenters. The minimum atomic E-state index is -1.11. The number of benzene rings is 1. The zero-order valence-electron chi connectivity index (χ0n) is 14.1. The second kappa shape index (κ2) is 9.17. The fourth-order valence-electron chi connectivity index (χ4n) is 1.94. The molecule has 0 saturated carbocycles. The molecule has 0 radical (unpaired) electrons. The number of aromatic amines is 1. The molecule has 1 heterocycles. The van der Waals surface area contributed by atoms with Gasteiger partial charge in [-0.05, 0) is 35.5 Å². The SMILES string of the molecule is C#CCOc1c(Cl)cc(/C=C(/Sc2n[nH]c(CC)n2)C(=O)O)cc1OC. The number of halogens is 1. The molecule has 136 valence electrons. The zero-order chi connectivity index (χ0) is 19.1. The number of H-pyrrole nitrogens is 1. The first-order chi connectivity index (χ1) is 12.5. The van der Waals surface area contributed by atoms with Crippen molar-refractivity contribution in [3.8, 4) is 23.8 Å². The zero-order valence-corrected chi connectivity index (χ0v) is 15.6. The topological polar surface area (TPSA) is 97.3 Å². The molecule has 2 N–H and O–H groups in total. The number of carbonyl (C=O) groups is 1. The molecule has 1 aromatic carbocycles. The summed E-state index contributed by atoms with van der Waals surface area (Å²) in [5, 5.41) is 16.8. The van der Waals surface area contributed by atoms with E-state index in [1.54, 1.807) is 12.1 Å². The van der Waals surface area contributed by atoms with Crippen molar-refractivity contribution in [2.75, 3.05) is 13.7 Å². The second-order valence-electron chi connectivity index (χ2n) is 4.86. The van der Waals surface area contributed by atoms with Gasteiger partial charge < -0.3 is 14.6 Å². The molecule has 2 rings (SSSR count). The van der Waals surface area contributed by atoms with E-state index in [4.69, 9.17) is 27.5 Å². The number of aliphatic carboxylic acids is 1. The van der Waals surface area contributed by atoms with E-state index in [0.29, 0.717) is 34.5 Å². The van der Waals surface area contributed by atoms with Crippen molar-refractivity contribution >= 4 is 35.4 Å². The number of hydrogen-bond acceptors (Lipinski definition) is 6. The van der Waals surface area contributed by atoms with Crippen LogP contribution in [0.2, 0.25) is 5.02 Å². The van der Waals surface area contributed by atoms with Crippen LogP contribution >= 0.6 is 23.4 Å². The van der Waals surface area contributed by atoms with E-state index in [1.165, 1.54) is 13.2 Å². The van der Waals surface area contributed by atoms with Crippen LogP contribution in [0.5, 0.6) is 11.5 Å². The summed E-state index contributed by atoms with van der Waals surface area (Å²) < 4.78 is 10.6. The van der Waals surface area contributed by atoms with Gasteiger partial charge in [0.15, 0.2) is 11.5 Å². The maximum atomic E-state index is 11.6. The maximum absolute atomic E-state index is 11.6. The average Bonchev–Trinajstić information content (AvgIpc) is 3.07. The molecule has 26 heavy (non-hydrogen) atoms. The molecule has 0 spiro atoms. The maximum Gasteiger partial charge on any atom is 0.342 e. The van der Waals surface area contributed by atoms with E-state index in [-0.39, 0.29) is 16.5 Å². The Morgan fingerprint density at radius 2 is 2.31 bits per heavy atom. The van der Waals surface area contributed by atoms with Gasteiger partial charge in [0.25, 0.3) is 0 Å². The van der Waals surface area contributed by atoms with Crippen molar-refractivity contribution in [2.45, 2.75) is 18.5 Å². The third-order valence-corrected chi connectivity index (χ3v) is 4.27. The van der Waals surface area contributed by atoms with Crippen LogP contribution in [0.25, 0.3) is 6.08 Å². The molecule has 2 aromatic rings.